The zero-order chi connectivity index (χ0) is 24.3. The lowest BCUT2D eigenvalue weighted by atomic mass is 9.76. The number of benzene rings is 1. The summed E-state index contributed by atoms with van der Waals surface area (Å²) < 4.78 is 10.6. The van der Waals surface area contributed by atoms with Crippen LogP contribution in [0.3, 0.4) is 0 Å². The molecule has 1 heterocycles. The van der Waals surface area contributed by atoms with Gasteiger partial charge >= 0.3 is 13.2 Å². The summed E-state index contributed by atoms with van der Waals surface area (Å²) >= 11 is 0. The van der Waals surface area contributed by atoms with Crippen LogP contribution in [-0.2, 0) is 20.7 Å². The van der Waals surface area contributed by atoms with E-state index in [2.05, 4.69) is 10.6 Å². The highest BCUT2D eigenvalue weighted by Gasteiger charge is 2.28. The van der Waals surface area contributed by atoms with E-state index in [0.29, 0.717) is 32.7 Å². The Morgan fingerprint density at radius 1 is 1.18 bits per heavy atom. The van der Waals surface area contributed by atoms with Gasteiger partial charge in [-0.15, -0.1) is 0 Å². The van der Waals surface area contributed by atoms with Gasteiger partial charge in [-0.25, -0.2) is 4.79 Å². The predicted octanol–water partition coefficient (Wildman–Crippen LogP) is 1.12. The number of rotatable bonds is 11. The van der Waals surface area contributed by atoms with Crippen LogP contribution in [0.2, 0.25) is 0 Å². The quantitative estimate of drug-likeness (QED) is 0.363. The van der Waals surface area contributed by atoms with Crippen LogP contribution in [0, 0.1) is 0 Å². The average molecular weight is 463 g/mol. The molecule has 2 atom stereocenters. The lowest BCUT2D eigenvalue weighted by Crippen LogP contribution is -2.52. The van der Waals surface area contributed by atoms with Crippen LogP contribution in [0.15, 0.2) is 30.3 Å². The summed E-state index contributed by atoms with van der Waals surface area (Å²) in [4.78, 5) is 26.8. The summed E-state index contributed by atoms with van der Waals surface area (Å²) in [6.07, 6.45) is 1.57. The number of carbonyl (C=O) groups is 2. The Morgan fingerprint density at radius 2 is 1.85 bits per heavy atom. The summed E-state index contributed by atoms with van der Waals surface area (Å²) in [7, 11) is -1.56. The molecule has 1 saturated heterocycles. The van der Waals surface area contributed by atoms with Crippen LogP contribution in [0.25, 0.3) is 0 Å². The molecule has 1 aromatic rings. The number of hydrogen-bond acceptors (Lipinski definition) is 7. The van der Waals surface area contributed by atoms with Crippen LogP contribution < -0.4 is 10.6 Å². The van der Waals surface area contributed by atoms with Crippen LogP contribution in [-0.4, -0.2) is 84.5 Å². The molecule has 2 amide bonds. The second-order valence-corrected chi connectivity index (χ2v) is 9.35. The number of carbonyl (C=O) groups excluding carboxylic acids is 2. The predicted molar refractivity (Wildman–Crippen MR) is 127 cm³/mol. The van der Waals surface area contributed by atoms with E-state index in [9.17, 15) is 19.6 Å². The molecule has 0 saturated carbocycles. The van der Waals surface area contributed by atoms with Crippen LogP contribution in [0.1, 0.15) is 45.6 Å². The summed E-state index contributed by atoms with van der Waals surface area (Å²) in [6.45, 7) is 7.52. The van der Waals surface area contributed by atoms with Gasteiger partial charge in [-0.05, 0) is 45.6 Å². The highest BCUT2D eigenvalue weighted by molar-refractivity contribution is 6.43. The molecule has 0 unspecified atom stereocenters. The minimum Gasteiger partial charge on any atom is -0.444 e. The molecule has 4 N–H and O–H groups in total. The number of aryl methyl sites for hydroxylation is 1. The van der Waals surface area contributed by atoms with Gasteiger partial charge in [-0.2, -0.15) is 0 Å². The third-order valence-electron chi connectivity index (χ3n) is 5.32. The summed E-state index contributed by atoms with van der Waals surface area (Å²) in [5.41, 5.74) is 0.515. The number of nitrogens with one attached hydrogen (secondary N) is 2. The van der Waals surface area contributed by atoms with Gasteiger partial charge in [0.05, 0.1) is 19.3 Å². The normalized spacial score (nSPS) is 16.1. The molecule has 10 heteroatoms. The van der Waals surface area contributed by atoms with Crippen molar-refractivity contribution in [2.24, 2.45) is 0 Å². The Morgan fingerprint density at radius 3 is 2.45 bits per heavy atom. The maximum absolute atomic E-state index is 12.7. The Hall–Kier alpha value is -2.14. The molecule has 0 radical (unpaired) electrons. The number of alkyl carbamates (subject to hydrolysis) is 1. The van der Waals surface area contributed by atoms with Gasteiger partial charge in [-0.1, -0.05) is 30.3 Å². The molecule has 1 aromatic carbocycles. The third kappa shape index (κ3) is 11.0. The fraction of sp³-hybridized carbons (Fsp3) is 0.652. The van der Waals surface area contributed by atoms with Crippen LogP contribution in [0.5, 0.6) is 0 Å². The van der Waals surface area contributed by atoms with E-state index < -0.39 is 30.8 Å². The summed E-state index contributed by atoms with van der Waals surface area (Å²) in [5, 5.41) is 25.5. The standard InChI is InChI=1S/C23H38BN3O6/c1-23(2,3)33-22(29)26-19(16-21(28)27-12-14-32-15-13-27)17-25-20(24(30)31)11-7-10-18-8-5-4-6-9-18/h4-6,8-9,19-20,25,30-31H,7,10-17H2,1-3H3,(H,26,29)/t19-,20+/m1/s1. The number of morpholine rings is 1. The van der Waals surface area contributed by atoms with Gasteiger partial charge in [0, 0.05) is 32.0 Å². The van der Waals surface area contributed by atoms with E-state index in [-0.39, 0.29) is 18.9 Å². The van der Waals surface area contributed by atoms with Gasteiger partial charge in [0.1, 0.15) is 5.60 Å². The Balaban J connectivity index is 1.93. The average Bonchev–Trinajstić information content (AvgIpc) is 2.75. The van der Waals surface area contributed by atoms with Crippen molar-refractivity contribution >= 4 is 19.1 Å². The number of hydrogen-bond donors (Lipinski definition) is 4. The van der Waals surface area contributed by atoms with Crippen molar-refractivity contribution in [3.05, 3.63) is 35.9 Å². The van der Waals surface area contributed by atoms with Crippen molar-refractivity contribution in [3.63, 3.8) is 0 Å². The van der Waals surface area contributed by atoms with Crippen molar-refractivity contribution in [2.75, 3.05) is 32.8 Å². The summed E-state index contributed by atoms with van der Waals surface area (Å²) in [5.74, 6) is -0.679. The fourth-order valence-corrected chi connectivity index (χ4v) is 3.62. The molecule has 9 nitrogen and oxygen atoms in total. The first-order chi connectivity index (χ1) is 15.6. The lowest BCUT2D eigenvalue weighted by Gasteiger charge is -2.30. The molecule has 2 rings (SSSR count). The van der Waals surface area contributed by atoms with E-state index >= 15 is 0 Å². The van der Waals surface area contributed by atoms with Crippen molar-refractivity contribution < 1.29 is 29.1 Å². The lowest BCUT2D eigenvalue weighted by molar-refractivity contribution is -0.135. The second-order valence-electron chi connectivity index (χ2n) is 9.35. The van der Waals surface area contributed by atoms with Gasteiger partial charge in [0.15, 0.2) is 0 Å². The first-order valence-electron chi connectivity index (χ1n) is 11.6. The SMILES string of the molecule is CC(C)(C)OC(=O)N[C@@H](CN[C@@H](CCCc1ccccc1)B(O)O)CC(=O)N1CCOCC1. The Kier molecular flexibility index (Phi) is 11.1. The van der Waals surface area contributed by atoms with E-state index in [1.54, 1.807) is 25.7 Å². The molecule has 0 aromatic heterocycles. The van der Waals surface area contributed by atoms with E-state index in [1.165, 1.54) is 5.56 Å². The zero-order valence-electron chi connectivity index (χ0n) is 20.0. The zero-order valence-corrected chi connectivity index (χ0v) is 20.0. The molecule has 1 aliphatic rings. The smallest absolute Gasteiger partial charge is 0.444 e. The molecule has 1 fully saturated rings. The van der Waals surface area contributed by atoms with E-state index in [1.807, 2.05) is 30.3 Å². The second kappa shape index (κ2) is 13.5. The van der Waals surface area contributed by atoms with E-state index in [0.717, 1.165) is 12.8 Å². The molecule has 33 heavy (non-hydrogen) atoms. The van der Waals surface area contributed by atoms with Crippen molar-refractivity contribution in [1.29, 1.82) is 0 Å². The highest BCUT2D eigenvalue weighted by atomic mass is 16.6. The molecular weight excluding hydrogens is 425 g/mol. The van der Waals surface area contributed by atoms with Crippen molar-refractivity contribution in [2.45, 2.75) is 64.0 Å². The topological polar surface area (TPSA) is 120 Å². The largest absolute Gasteiger partial charge is 0.469 e. The molecule has 0 spiro atoms. The molecule has 184 valence electrons. The Labute approximate surface area is 197 Å². The first-order valence-corrected chi connectivity index (χ1v) is 11.6. The van der Waals surface area contributed by atoms with Crippen molar-refractivity contribution in [3.8, 4) is 0 Å². The Bertz CT molecular complexity index is 723. The first kappa shape index (κ1) is 27.1. The highest BCUT2D eigenvalue weighted by Crippen LogP contribution is 2.10. The number of ether oxygens (including phenoxy) is 2. The van der Waals surface area contributed by atoms with Crippen LogP contribution >= 0.6 is 0 Å². The molecule has 1 aliphatic heterocycles. The van der Waals surface area contributed by atoms with Gasteiger partial charge in [-0.3, -0.25) is 4.79 Å². The maximum Gasteiger partial charge on any atom is 0.469 e. The minimum atomic E-state index is -1.56. The van der Waals surface area contributed by atoms with Gasteiger partial charge in [0.25, 0.3) is 0 Å². The maximum atomic E-state index is 12.7. The number of nitrogens with zero attached hydrogens (tertiary/aromatic N) is 1. The summed E-state index contributed by atoms with van der Waals surface area (Å²) in [6, 6.07) is 9.42. The third-order valence-corrected chi connectivity index (χ3v) is 5.32. The fourth-order valence-electron chi connectivity index (χ4n) is 3.62. The molecule has 0 aliphatic carbocycles. The molecular formula is C23H38BN3O6. The van der Waals surface area contributed by atoms with Crippen molar-refractivity contribution in [1.82, 2.24) is 15.5 Å². The monoisotopic (exact) mass is 463 g/mol. The molecule has 0 bridgehead atoms. The van der Waals surface area contributed by atoms with E-state index in [4.69, 9.17) is 9.47 Å². The van der Waals surface area contributed by atoms with Crippen LogP contribution in [0.4, 0.5) is 4.79 Å². The number of amides is 2. The minimum absolute atomic E-state index is 0.0739. The van der Waals surface area contributed by atoms with Gasteiger partial charge in [0.2, 0.25) is 5.91 Å². The van der Waals surface area contributed by atoms with Gasteiger partial charge < -0.3 is 35.1 Å².